The van der Waals surface area contributed by atoms with Crippen LogP contribution in [0.2, 0.25) is 0 Å². The number of fused-ring (bicyclic) bond motifs is 1. The summed E-state index contributed by atoms with van der Waals surface area (Å²) < 4.78 is 33.3. The van der Waals surface area contributed by atoms with Gasteiger partial charge in [-0.25, -0.2) is 8.78 Å². The van der Waals surface area contributed by atoms with Crippen LogP contribution < -0.4 is 4.74 Å². The Bertz CT molecular complexity index is 913. The summed E-state index contributed by atoms with van der Waals surface area (Å²) >= 11 is 0. The fourth-order valence-corrected chi connectivity index (χ4v) is 2.47. The number of nitrogens with one attached hydrogen (secondary N) is 1. The van der Waals surface area contributed by atoms with Gasteiger partial charge < -0.3 is 14.8 Å². The van der Waals surface area contributed by atoms with Crippen LogP contribution in [-0.2, 0) is 6.42 Å². The van der Waals surface area contributed by atoms with E-state index in [4.69, 9.17) is 10.00 Å². The van der Waals surface area contributed by atoms with E-state index in [2.05, 4.69) is 4.98 Å². The molecule has 2 aromatic carbocycles. The lowest BCUT2D eigenvalue weighted by molar-refractivity contribution is 0.297. The van der Waals surface area contributed by atoms with Crippen molar-refractivity contribution in [3.63, 3.8) is 0 Å². The van der Waals surface area contributed by atoms with E-state index in [-0.39, 0.29) is 30.1 Å². The normalized spacial score (nSPS) is 10.7. The molecule has 0 fully saturated rings. The molecular formula is C17H12F2N2O2. The van der Waals surface area contributed by atoms with Crippen molar-refractivity contribution in [3.8, 4) is 17.6 Å². The van der Waals surface area contributed by atoms with E-state index in [1.807, 2.05) is 0 Å². The van der Waals surface area contributed by atoms with Gasteiger partial charge >= 0.3 is 0 Å². The van der Waals surface area contributed by atoms with Crippen molar-refractivity contribution >= 4 is 10.9 Å². The van der Waals surface area contributed by atoms with Gasteiger partial charge in [0, 0.05) is 41.4 Å². The standard InChI is InChI=1S/C17H12F2N2O2/c18-14-2-1-11(7-10(14)9-20)23-17-13(4-6-22)12-3-5-21-16(12)8-15(17)19/h1-3,5,7-8,21-22H,4,6H2. The number of benzene rings is 2. The van der Waals surface area contributed by atoms with Gasteiger partial charge in [0.2, 0.25) is 0 Å². The highest BCUT2D eigenvalue weighted by molar-refractivity contribution is 5.85. The van der Waals surface area contributed by atoms with Gasteiger partial charge in [-0.1, -0.05) is 0 Å². The van der Waals surface area contributed by atoms with E-state index in [0.29, 0.717) is 11.1 Å². The summed E-state index contributed by atoms with van der Waals surface area (Å²) in [5.41, 5.74) is 0.913. The number of nitrogens with zero attached hydrogens (tertiary/aromatic N) is 1. The van der Waals surface area contributed by atoms with Gasteiger partial charge in [-0.3, -0.25) is 0 Å². The van der Waals surface area contributed by atoms with Crippen LogP contribution in [0.5, 0.6) is 11.5 Å². The third-order valence-corrected chi connectivity index (χ3v) is 3.51. The largest absolute Gasteiger partial charge is 0.454 e. The highest BCUT2D eigenvalue weighted by Gasteiger charge is 2.17. The molecular weight excluding hydrogens is 302 g/mol. The van der Waals surface area contributed by atoms with E-state index < -0.39 is 11.6 Å². The molecule has 0 saturated heterocycles. The Labute approximate surface area is 130 Å². The minimum absolute atomic E-state index is 0.0401. The van der Waals surface area contributed by atoms with E-state index in [0.717, 1.165) is 11.5 Å². The van der Waals surface area contributed by atoms with Crippen LogP contribution in [0.25, 0.3) is 10.9 Å². The number of ether oxygens (including phenoxy) is 1. The van der Waals surface area contributed by atoms with Crippen molar-refractivity contribution in [1.29, 1.82) is 5.26 Å². The summed E-state index contributed by atoms with van der Waals surface area (Å²) in [6, 6.07) is 8.38. The van der Waals surface area contributed by atoms with Crippen molar-refractivity contribution in [2.24, 2.45) is 0 Å². The van der Waals surface area contributed by atoms with Crippen molar-refractivity contribution in [2.45, 2.75) is 6.42 Å². The minimum Gasteiger partial charge on any atom is -0.454 e. The van der Waals surface area contributed by atoms with Crippen molar-refractivity contribution in [3.05, 3.63) is 59.3 Å². The first kappa shape index (κ1) is 15.0. The molecule has 2 N–H and O–H groups in total. The maximum absolute atomic E-state index is 14.4. The van der Waals surface area contributed by atoms with Gasteiger partial charge in [0.25, 0.3) is 0 Å². The average Bonchev–Trinajstić information content (AvgIpc) is 3.00. The molecule has 116 valence electrons. The summed E-state index contributed by atoms with van der Waals surface area (Å²) in [4.78, 5) is 2.91. The summed E-state index contributed by atoms with van der Waals surface area (Å²) in [6.45, 7) is -0.174. The molecule has 3 rings (SSSR count). The fourth-order valence-electron chi connectivity index (χ4n) is 2.47. The molecule has 1 aromatic heterocycles. The predicted molar refractivity (Wildman–Crippen MR) is 80.2 cm³/mol. The Balaban J connectivity index is 2.10. The van der Waals surface area contributed by atoms with Gasteiger partial charge in [0.05, 0.1) is 5.56 Å². The van der Waals surface area contributed by atoms with Crippen LogP contribution in [-0.4, -0.2) is 16.7 Å². The molecule has 0 unspecified atom stereocenters. The minimum atomic E-state index is -0.669. The van der Waals surface area contributed by atoms with Gasteiger partial charge in [0.15, 0.2) is 11.6 Å². The molecule has 0 amide bonds. The average molecular weight is 314 g/mol. The third kappa shape index (κ3) is 2.74. The molecule has 0 spiro atoms. The SMILES string of the molecule is N#Cc1cc(Oc2c(F)cc3[nH]ccc3c2CCO)ccc1F. The van der Waals surface area contributed by atoms with Gasteiger partial charge in [-0.2, -0.15) is 5.26 Å². The van der Waals surface area contributed by atoms with Gasteiger partial charge in [-0.15, -0.1) is 0 Å². The van der Waals surface area contributed by atoms with Crippen LogP contribution in [0.3, 0.4) is 0 Å². The van der Waals surface area contributed by atoms with E-state index in [1.165, 1.54) is 18.2 Å². The molecule has 23 heavy (non-hydrogen) atoms. The maximum Gasteiger partial charge on any atom is 0.168 e. The molecule has 6 heteroatoms. The fraction of sp³-hybridized carbons (Fsp3) is 0.118. The number of nitriles is 1. The zero-order valence-electron chi connectivity index (χ0n) is 11.9. The first-order valence-corrected chi connectivity index (χ1v) is 6.91. The Morgan fingerprint density at radius 3 is 2.74 bits per heavy atom. The second kappa shape index (κ2) is 6.07. The Hall–Kier alpha value is -2.91. The topological polar surface area (TPSA) is 69.0 Å². The first-order valence-electron chi connectivity index (χ1n) is 6.91. The number of aliphatic hydroxyl groups excluding tert-OH is 1. The van der Waals surface area contributed by atoms with Gasteiger partial charge in [0.1, 0.15) is 17.6 Å². The smallest absolute Gasteiger partial charge is 0.168 e. The summed E-state index contributed by atoms with van der Waals surface area (Å²) in [6.07, 6.45) is 1.87. The maximum atomic E-state index is 14.4. The number of rotatable bonds is 4. The van der Waals surface area contributed by atoms with Crippen LogP contribution in [0.1, 0.15) is 11.1 Å². The molecule has 3 aromatic rings. The molecule has 4 nitrogen and oxygen atoms in total. The molecule has 0 aliphatic carbocycles. The van der Waals surface area contributed by atoms with E-state index >= 15 is 0 Å². The number of hydrogen-bond acceptors (Lipinski definition) is 3. The van der Waals surface area contributed by atoms with Crippen molar-refractivity contribution in [1.82, 2.24) is 4.98 Å². The molecule has 0 bridgehead atoms. The summed E-state index contributed by atoms with van der Waals surface area (Å²) in [5.74, 6) is -1.17. The number of aromatic amines is 1. The zero-order chi connectivity index (χ0) is 16.4. The molecule has 0 radical (unpaired) electrons. The third-order valence-electron chi connectivity index (χ3n) is 3.51. The number of hydrogen-bond donors (Lipinski definition) is 2. The molecule has 0 aliphatic heterocycles. The van der Waals surface area contributed by atoms with Crippen LogP contribution in [0, 0.1) is 23.0 Å². The quantitative estimate of drug-likeness (QED) is 0.772. The molecule has 0 atom stereocenters. The number of aliphatic hydroxyl groups is 1. The lowest BCUT2D eigenvalue weighted by atomic mass is 10.1. The lowest BCUT2D eigenvalue weighted by Gasteiger charge is -2.13. The molecule has 0 aliphatic rings. The summed E-state index contributed by atoms with van der Waals surface area (Å²) in [5, 5.41) is 18.8. The second-order valence-electron chi connectivity index (χ2n) is 4.93. The number of halogens is 2. The molecule has 1 heterocycles. The highest BCUT2D eigenvalue weighted by Crippen LogP contribution is 2.35. The highest BCUT2D eigenvalue weighted by atomic mass is 19.1. The monoisotopic (exact) mass is 314 g/mol. The predicted octanol–water partition coefficient (Wildman–Crippen LogP) is 3.64. The van der Waals surface area contributed by atoms with Crippen LogP contribution >= 0.6 is 0 Å². The number of H-pyrrole nitrogens is 1. The van der Waals surface area contributed by atoms with Crippen molar-refractivity contribution < 1.29 is 18.6 Å². The van der Waals surface area contributed by atoms with Crippen LogP contribution in [0.4, 0.5) is 8.78 Å². The second-order valence-corrected chi connectivity index (χ2v) is 4.93. The van der Waals surface area contributed by atoms with Crippen LogP contribution in [0.15, 0.2) is 36.5 Å². The van der Waals surface area contributed by atoms with E-state index in [9.17, 15) is 13.9 Å². The Morgan fingerprint density at radius 2 is 2.00 bits per heavy atom. The van der Waals surface area contributed by atoms with Gasteiger partial charge in [-0.05, 0) is 24.6 Å². The molecule has 0 saturated carbocycles. The first-order chi connectivity index (χ1) is 11.1. The zero-order valence-corrected chi connectivity index (χ0v) is 11.9. The Kier molecular flexibility index (Phi) is 3.96. The van der Waals surface area contributed by atoms with E-state index in [1.54, 1.807) is 18.3 Å². The van der Waals surface area contributed by atoms with Crippen molar-refractivity contribution in [2.75, 3.05) is 6.61 Å². The summed E-state index contributed by atoms with van der Waals surface area (Å²) in [7, 11) is 0. The lowest BCUT2D eigenvalue weighted by Crippen LogP contribution is -2.00. The number of aromatic nitrogens is 1. The Morgan fingerprint density at radius 1 is 1.17 bits per heavy atom.